The molecule has 94 valence electrons. The van der Waals surface area contributed by atoms with Gasteiger partial charge in [-0.1, -0.05) is 17.7 Å². The zero-order chi connectivity index (χ0) is 13.1. The molecule has 5 heteroatoms. The molecule has 0 unspecified atom stereocenters. The van der Waals surface area contributed by atoms with Gasteiger partial charge in [0, 0.05) is 5.69 Å². The van der Waals surface area contributed by atoms with Gasteiger partial charge in [-0.2, -0.15) is 0 Å². The molecular formula is C13H13NO3S. The van der Waals surface area contributed by atoms with Crippen LogP contribution >= 0.6 is 11.8 Å². The minimum absolute atomic E-state index is 0.234. The maximum Gasteiger partial charge on any atom is 0.242 e. The summed E-state index contributed by atoms with van der Waals surface area (Å²) in [5.74, 6) is -1.79. The molecule has 4 nitrogen and oxygen atoms in total. The zero-order valence-electron chi connectivity index (χ0n) is 9.93. The second kappa shape index (κ2) is 5.35. The van der Waals surface area contributed by atoms with Gasteiger partial charge in [0.25, 0.3) is 0 Å². The molecule has 1 amide bonds. The summed E-state index contributed by atoms with van der Waals surface area (Å²) < 4.78 is 0. The quantitative estimate of drug-likeness (QED) is 0.820. The van der Waals surface area contributed by atoms with E-state index in [2.05, 4.69) is 5.32 Å². The number of carbonyl (C=O) groups is 3. The largest absolute Gasteiger partial charge is 0.325 e. The number of Topliss-reactive ketones (excluding diaryl/α,β-unsaturated/α-hetero) is 2. The van der Waals surface area contributed by atoms with Crippen molar-refractivity contribution in [3.05, 3.63) is 29.8 Å². The van der Waals surface area contributed by atoms with Crippen LogP contribution in [0.15, 0.2) is 24.3 Å². The first kappa shape index (κ1) is 12.8. The summed E-state index contributed by atoms with van der Waals surface area (Å²) in [5.41, 5.74) is 1.68. The fraction of sp³-hybridized carbons (Fsp3) is 0.308. The van der Waals surface area contributed by atoms with Gasteiger partial charge >= 0.3 is 0 Å². The highest BCUT2D eigenvalue weighted by atomic mass is 32.2. The summed E-state index contributed by atoms with van der Waals surface area (Å²) in [6.45, 7) is 1.94. The van der Waals surface area contributed by atoms with Crippen molar-refractivity contribution in [2.75, 3.05) is 16.8 Å². The number of thioether (sulfide) groups is 1. The lowest BCUT2D eigenvalue weighted by Gasteiger charge is -2.18. The molecule has 1 aliphatic heterocycles. The van der Waals surface area contributed by atoms with Gasteiger partial charge in [-0.3, -0.25) is 14.4 Å². The third-order valence-electron chi connectivity index (χ3n) is 2.71. The molecule has 1 aromatic carbocycles. The highest BCUT2D eigenvalue weighted by Gasteiger charge is 2.36. The highest BCUT2D eigenvalue weighted by molar-refractivity contribution is 8.00. The van der Waals surface area contributed by atoms with Gasteiger partial charge in [-0.05, 0) is 19.1 Å². The average molecular weight is 263 g/mol. The first-order valence-electron chi connectivity index (χ1n) is 5.58. The SMILES string of the molecule is Cc1ccc(NC(=O)C2C(=O)CSCC2=O)cc1. The van der Waals surface area contributed by atoms with E-state index in [0.29, 0.717) is 5.69 Å². The van der Waals surface area contributed by atoms with E-state index >= 15 is 0 Å². The first-order chi connectivity index (χ1) is 8.58. The van der Waals surface area contributed by atoms with Crippen molar-refractivity contribution in [3.8, 4) is 0 Å². The van der Waals surface area contributed by atoms with Gasteiger partial charge in [0.2, 0.25) is 5.91 Å². The first-order valence-corrected chi connectivity index (χ1v) is 6.74. The van der Waals surface area contributed by atoms with Crippen molar-refractivity contribution < 1.29 is 14.4 Å². The van der Waals surface area contributed by atoms with Gasteiger partial charge in [0.05, 0.1) is 11.5 Å². The van der Waals surface area contributed by atoms with Crippen LogP contribution in [-0.4, -0.2) is 29.0 Å². The Morgan fingerprint density at radius 1 is 1.17 bits per heavy atom. The number of aryl methyl sites for hydroxylation is 1. The van der Waals surface area contributed by atoms with E-state index in [-0.39, 0.29) is 23.1 Å². The molecule has 2 rings (SSSR count). The molecule has 1 heterocycles. The normalized spacial score (nSPS) is 16.7. The lowest BCUT2D eigenvalue weighted by Crippen LogP contribution is -2.41. The summed E-state index contributed by atoms with van der Waals surface area (Å²) in [7, 11) is 0. The Labute approximate surface area is 109 Å². The second-order valence-corrected chi connectivity index (χ2v) is 5.20. The average Bonchev–Trinajstić information content (AvgIpc) is 2.32. The number of ketones is 2. The minimum atomic E-state index is -1.13. The number of hydrogen-bond donors (Lipinski definition) is 1. The highest BCUT2D eigenvalue weighted by Crippen LogP contribution is 2.19. The Hall–Kier alpha value is -1.62. The molecule has 0 aliphatic carbocycles. The summed E-state index contributed by atoms with van der Waals surface area (Å²) in [6.07, 6.45) is 0. The molecule has 1 aromatic rings. The minimum Gasteiger partial charge on any atom is -0.325 e. The molecule has 1 aliphatic rings. The van der Waals surface area contributed by atoms with Crippen molar-refractivity contribution in [1.29, 1.82) is 0 Å². The lowest BCUT2D eigenvalue weighted by molar-refractivity contribution is -0.137. The van der Waals surface area contributed by atoms with E-state index in [9.17, 15) is 14.4 Å². The number of nitrogens with one attached hydrogen (secondary N) is 1. The van der Waals surface area contributed by atoms with Crippen LogP contribution in [0.2, 0.25) is 0 Å². The van der Waals surface area contributed by atoms with Crippen LogP contribution in [0.3, 0.4) is 0 Å². The Morgan fingerprint density at radius 2 is 1.72 bits per heavy atom. The topological polar surface area (TPSA) is 63.2 Å². The molecule has 0 spiro atoms. The molecule has 0 atom stereocenters. The number of hydrogen-bond acceptors (Lipinski definition) is 4. The van der Waals surface area contributed by atoms with Crippen LogP contribution in [0.25, 0.3) is 0 Å². The van der Waals surface area contributed by atoms with E-state index in [0.717, 1.165) is 5.56 Å². The summed E-state index contributed by atoms with van der Waals surface area (Å²) in [6, 6.07) is 7.21. The van der Waals surface area contributed by atoms with Crippen LogP contribution in [-0.2, 0) is 14.4 Å². The molecule has 0 radical (unpaired) electrons. The molecule has 1 N–H and O–H groups in total. The van der Waals surface area contributed by atoms with Crippen LogP contribution in [0, 0.1) is 12.8 Å². The van der Waals surface area contributed by atoms with E-state index in [1.54, 1.807) is 12.1 Å². The van der Waals surface area contributed by atoms with E-state index < -0.39 is 11.8 Å². The monoisotopic (exact) mass is 263 g/mol. The van der Waals surface area contributed by atoms with Gasteiger partial charge in [-0.15, -0.1) is 11.8 Å². The molecule has 0 aromatic heterocycles. The van der Waals surface area contributed by atoms with Gasteiger partial charge in [0.15, 0.2) is 17.5 Å². The molecule has 1 fully saturated rings. The molecule has 1 saturated heterocycles. The van der Waals surface area contributed by atoms with Gasteiger partial charge < -0.3 is 5.32 Å². The number of benzene rings is 1. The van der Waals surface area contributed by atoms with Crippen LogP contribution in [0.1, 0.15) is 5.56 Å². The van der Waals surface area contributed by atoms with Crippen LogP contribution < -0.4 is 5.32 Å². The van der Waals surface area contributed by atoms with Crippen LogP contribution in [0.4, 0.5) is 5.69 Å². The number of amides is 1. The Kier molecular flexibility index (Phi) is 3.81. The third kappa shape index (κ3) is 2.79. The fourth-order valence-electron chi connectivity index (χ4n) is 1.74. The standard InChI is InChI=1S/C13H13NO3S/c1-8-2-4-9(5-3-8)14-13(17)12-10(15)6-18-7-11(12)16/h2-5,12H,6-7H2,1H3,(H,14,17). The summed E-state index contributed by atoms with van der Waals surface area (Å²) in [4.78, 5) is 35.1. The van der Waals surface area contributed by atoms with Crippen molar-refractivity contribution in [2.24, 2.45) is 5.92 Å². The van der Waals surface area contributed by atoms with E-state index in [1.165, 1.54) is 11.8 Å². The lowest BCUT2D eigenvalue weighted by atomic mass is 9.99. The van der Waals surface area contributed by atoms with Gasteiger partial charge in [-0.25, -0.2) is 0 Å². The maximum absolute atomic E-state index is 11.9. The van der Waals surface area contributed by atoms with Crippen molar-refractivity contribution in [2.45, 2.75) is 6.92 Å². The molecule has 0 saturated carbocycles. The second-order valence-electron chi connectivity index (χ2n) is 4.21. The predicted molar refractivity (Wildman–Crippen MR) is 70.6 cm³/mol. The zero-order valence-corrected chi connectivity index (χ0v) is 10.8. The smallest absolute Gasteiger partial charge is 0.242 e. The Bertz CT molecular complexity index is 479. The summed E-state index contributed by atoms with van der Waals surface area (Å²) >= 11 is 1.26. The predicted octanol–water partition coefficient (Wildman–Crippen LogP) is 1.43. The molecular weight excluding hydrogens is 250 g/mol. The van der Waals surface area contributed by atoms with Crippen molar-refractivity contribution in [1.82, 2.24) is 0 Å². The molecule has 18 heavy (non-hydrogen) atoms. The van der Waals surface area contributed by atoms with Gasteiger partial charge in [0.1, 0.15) is 0 Å². The Balaban J connectivity index is 2.09. The fourth-order valence-corrected chi connectivity index (χ4v) is 2.58. The summed E-state index contributed by atoms with van der Waals surface area (Å²) in [5, 5.41) is 2.61. The number of carbonyl (C=O) groups excluding carboxylic acids is 3. The Morgan fingerprint density at radius 3 is 2.28 bits per heavy atom. The number of anilines is 1. The van der Waals surface area contributed by atoms with Crippen molar-refractivity contribution in [3.63, 3.8) is 0 Å². The maximum atomic E-state index is 11.9. The van der Waals surface area contributed by atoms with E-state index in [1.807, 2.05) is 19.1 Å². The molecule has 0 bridgehead atoms. The van der Waals surface area contributed by atoms with E-state index in [4.69, 9.17) is 0 Å². The number of rotatable bonds is 2. The van der Waals surface area contributed by atoms with Crippen LogP contribution in [0.5, 0.6) is 0 Å². The van der Waals surface area contributed by atoms with Crippen molar-refractivity contribution >= 4 is 34.9 Å². The third-order valence-corrected chi connectivity index (χ3v) is 3.69.